The zero-order valence-electron chi connectivity index (χ0n) is 16.8. The zero-order chi connectivity index (χ0) is 19.7. The number of hydrogen-bond acceptors (Lipinski definition) is 2. The minimum absolute atomic E-state index is 0.0739. The first-order valence-corrected chi connectivity index (χ1v) is 9.90. The molecule has 0 radical (unpaired) electrons. The van der Waals surface area contributed by atoms with E-state index >= 15 is 0 Å². The van der Waals surface area contributed by atoms with Gasteiger partial charge < -0.3 is 9.84 Å². The van der Waals surface area contributed by atoms with Crippen molar-refractivity contribution in [2.45, 2.75) is 70.8 Å². The second-order valence-corrected chi connectivity index (χ2v) is 8.16. The van der Waals surface area contributed by atoms with E-state index in [2.05, 4.69) is 45.0 Å². The number of carboxylic acid groups (broad SMARTS) is 1. The molecule has 0 saturated heterocycles. The summed E-state index contributed by atoms with van der Waals surface area (Å²) >= 11 is 0. The Morgan fingerprint density at radius 3 is 2.15 bits per heavy atom. The average molecular weight is 369 g/mol. The fraction of sp³-hybridized carbons (Fsp3) is 0.458. The van der Waals surface area contributed by atoms with Gasteiger partial charge in [0.1, 0.15) is 5.75 Å². The van der Waals surface area contributed by atoms with Crippen LogP contribution in [0, 0.1) is 0 Å². The summed E-state index contributed by atoms with van der Waals surface area (Å²) < 4.78 is 5.72. The molecule has 0 heterocycles. The summed E-state index contributed by atoms with van der Waals surface area (Å²) in [7, 11) is 0. The number of unbranched alkanes of at least 4 members (excludes halogenated alkanes) is 3. The van der Waals surface area contributed by atoms with Crippen molar-refractivity contribution >= 4 is 5.97 Å². The second kappa shape index (κ2) is 10.1. The van der Waals surface area contributed by atoms with Gasteiger partial charge in [-0.1, -0.05) is 76.1 Å². The van der Waals surface area contributed by atoms with E-state index in [0.29, 0.717) is 12.2 Å². The third-order valence-corrected chi connectivity index (χ3v) is 4.80. The van der Waals surface area contributed by atoms with E-state index in [1.54, 1.807) is 0 Å². The number of aryl methyl sites for hydroxylation is 1. The number of hydrogen-bond donors (Lipinski definition) is 1. The van der Waals surface area contributed by atoms with Gasteiger partial charge in [-0.05, 0) is 54.4 Å². The number of carboxylic acids is 1. The molecule has 0 aliphatic heterocycles. The van der Waals surface area contributed by atoms with E-state index in [9.17, 15) is 9.90 Å². The largest absolute Gasteiger partial charge is 0.479 e. The highest BCUT2D eigenvalue weighted by Crippen LogP contribution is 2.25. The van der Waals surface area contributed by atoms with E-state index in [1.807, 2.05) is 30.3 Å². The number of rotatable bonds is 10. The molecule has 1 atom stereocenters. The fourth-order valence-corrected chi connectivity index (χ4v) is 3.09. The van der Waals surface area contributed by atoms with Crippen LogP contribution in [0.15, 0.2) is 54.6 Å². The Morgan fingerprint density at radius 1 is 0.926 bits per heavy atom. The average Bonchev–Trinajstić information content (AvgIpc) is 2.64. The second-order valence-electron chi connectivity index (χ2n) is 8.16. The van der Waals surface area contributed by atoms with Crippen molar-refractivity contribution in [3.63, 3.8) is 0 Å². The summed E-state index contributed by atoms with van der Waals surface area (Å²) in [6, 6.07) is 18.2. The molecule has 0 aliphatic rings. The maximum Gasteiger partial charge on any atom is 0.344 e. The first-order valence-electron chi connectivity index (χ1n) is 9.90. The predicted octanol–water partition coefficient (Wildman–Crippen LogP) is 6.01. The van der Waals surface area contributed by atoms with Gasteiger partial charge in [-0.25, -0.2) is 4.79 Å². The maximum absolute atomic E-state index is 11.5. The molecule has 2 aromatic carbocycles. The molecule has 0 saturated carbocycles. The third-order valence-electron chi connectivity index (χ3n) is 4.80. The minimum Gasteiger partial charge on any atom is -0.479 e. The molecule has 3 heteroatoms. The molecular weight excluding hydrogens is 336 g/mol. The van der Waals surface area contributed by atoms with Gasteiger partial charge in [0.25, 0.3) is 0 Å². The molecule has 1 N–H and O–H groups in total. The predicted molar refractivity (Wildman–Crippen MR) is 110 cm³/mol. The van der Waals surface area contributed by atoms with Gasteiger partial charge in [-0.15, -0.1) is 0 Å². The summed E-state index contributed by atoms with van der Waals surface area (Å²) in [5.74, 6) is -0.265. The van der Waals surface area contributed by atoms with Crippen LogP contribution in [0.1, 0.15) is 64.0 Å². The van der Waals surface area contributed by atoms with Crippen LogP contribution in [0.5, 0.6) is 5.75 Å². The molecule has 1 unspecified atom stereocenters. The molecule has 2 rings (SSSR count). The number of carbonyl (C=O) groups is 1. The Balaban J connectivity index is 1.73. The lowest BCUT2D eigenvalue weighted by atomic mass is 9.87. The Hall–Kier alpha value is -2.29. The lowest BCUT2D eigenvalue weighted by Gasteiger charge is -2.20. The van der Waals surface area contributed by atoms with Gasteiger partial charge in [0.2, 0.25) is 0 Å². The van der Waals surface area contributed by atoms with Gasteiger partial charge >= 0.3 is 5.97 Å². The first kappa shape index (κ1) is 21.0. The Morgan fingerprint density at radius 2 is 1.56 bits per heavy atom. The van der Waals surface area contributed by atoms with Gasteiger partial charge in [-0.2, -0.15) is 0 Å². The summed E-state index contributed by atoms with van der Waals surface area (Å²) in [5.41, 5.74) is 2.65. The molecule has 2 aromatic rings. The van der Waals surface area contributed by atoms with Crippen LogP contribution < -0.4 is 4.74 Å². The van der Waals surface area contributed by atoms with Crippen molar-refractivity contribution in [2.24, 2.45) is 0 Å². The zero-order valence-corrected chi connectivity index (χ0v) is 16.8. The van der Waals surface area contributed by atoms with E-state index in [1.165, 1.54) is 11.1 Å². The molecule has 0 fully saturated rings. The van der Waals surface area contributed by atoms with E-state index in [-0.39, 0.29) is 5.41 Å². The summed E-state index contributed by atoms with van der Waals surface area (Å²) in [4.78, 5) is 11.5. The summed E-state index contributed by atoms with van der Waals surface area (Å²) in [5, 5.41) is 9.44. The molecule has 0 spiro atoms. The van der Waals surface area contributed by atoms with E-state index < -0.39 is 12.1 Å². The molecule has 3 nitrogen and oxygen atoms in total. The molecule has 27 heavy (non-hydrogen) atoms. The fourth-order valence-electron chi connectivity index (χ4n) is 3.09. The molecule has 0 amide bonds. The van der Waals surface area contributed by atoms with Crippen molar-refractivity contribution in [3.05, 3.63) is 65.7 Å². The highest BCUT2D eigenvalue weighted by Gasteiger charge is 2.19. The van der Waals surface area contributed by atoms with Crippen LogP contribution in [-0.2, 0) is 16.6 Å². The third kappa shape index (κ3) is 7.46. The lowest BCUT2D eigenvalue weighted by molar-refractivity contribution is -0.145. The van der Waals surface area contributed by atoms with Crippen molar-refractivity contribution in [2.75, 3.05) is 0 Å². The van der Waals surface area contributed by atoms with Crippen LogP contribution >= 0.6 is 0 Å². The van der Waals surface area contributed by atoms with Crippen LogP contribution in [0.3, 0.4) is 0 Å². The quantitative estimate of drug-likeness (QED) is 0.522. The lowest BCUT2D eigenvalue weighted by Crippen LogP contribution is -2.27. The van der Waals surface area contributed by atoms with Crippen molar-refractivity contribution < 1.29 is 14.6 Å². The SMILES string of the molecule is CC(C)(C)c1ccc(OC(CCCCCCc2ccccc2)C(=O)O)cc1. The molecule has 0 bridgehead atoms. The normalized spacial score (nSPS) is 12.6. The van der Waals surface area contributed by atoms with Crippen molar-refractivity contribution in [3.8, 4) is 5.75 Å². The molecular formula is C24H32O3. The van der Waals surface area contributed by atoms with E-state index in [0.717, 1.165) is 32.1 Å². The number of aliphatic carboxylic acids is 1. The van der Waals surface area contributed by atoms with E-state index in [4.69, 9.17) is 4.74 Å². The summed E-state index contributed by atoms with van der Waals surface area (Å²) in [6.45, 7) is 6.46. The maximum atomic E-state index is 11.5. The van der Waals surface area contributed by atoms with Gasteiger partial charge in [0.05, 0.1) is 0 Å². The van der Waals surface area contributed by atoms with Crippen LogP contribution in [0.2, 0.25) is 0 Å². The Labute approximate surface area is 163 Å². The highest BCUT2D eigenvalue weighted by molar-refractivity contribution is 5.72. The van der Waals surface area contributed by atoms with Crippen LogP contribution in [-0.4, -0.2) is 17.2 Å². The van der Waals surface area contributed by atoms with Crippen LogP contribution in [0.25, 0.3) is 0 Å². The molecule has 0 aromatic heterocycles. The van der Waals surface area contributed by atoms with Crippen molar-refractivity contribution in [1.29, 1.82) is 0 Å². The van der Waals surface area contributed by atoms with Crippen LogP contribution in [0.4, 0.5) is 0 Å². The first-order chi connectivity index (χ1) is 12.9. The highest BCUT2D eigenvalue weighted by atomic mass is 16.5. The Kier molecular flexibility index (Phi) is 7.90. The minimum atomic E-state index is -0.890. The Bertz CT molecular complexity index is 684. The van der Waals surface area contributed by atoms with Crippen molar-refractivity contribution in [1.82, 2.24) is 0 Å². The van der Waals surface area contributed by atoms with Gasteiger partial charge in [0.15, 0.2) is 6.10 Å². The molecule has 146 valence electrons. The standard InChI is InChI=1S/C24H32O3/c1-24(2,3)20-15-17-21(18-16-20)27-22(23(25)26)14-10-5-4-7-11-19-12-8-6-9-13-19/h6,8-9,12-13,15-18,22H,4-5,7,10-11,14H2,1-3H3,(H,25,26). The van der Waals surface area contributed by atoms with Gasteiger partial charge in [0, 0.05) is 0 Å². The number of ether oxygens (including phenoxy) is 1. The summed E-state index contributed by atoms with van der Waals surface area (Å²) in [6.07, 6.45) is 4.99. The molecule has 0 aliphatic carbocycles. The topological polar surface area (TPSA) is 46.5 Å². The van der Waals surface area contributed by atoms with Gasteiger partial charge in [-0.3, -0.25) is 0 Å². The number of benzene rings is 2. The smallest absolute Gasteiger partial charge is 0.344 e. The monoisotopic (exact) mass is 368 g/mol.